The summed E-state index contributed by atoms with van der Waals surface area (Å²) >= 11 is 0. The van der Waals surface area contributed by atoms with Gasteiger partial charge >= 0.3 is 0 Å². The van der Waals surface area contributed by atoms with Gasteiger partial charge in [-0.15, -0.1) is 0 Å². The molecule has 1 fully saturated rings. The third kappa shape index (κ3) is 2.28. The number of aromatic nitrogens is 1. The third-order valence-corrected chi connectivity index (χ3v) is 6.04. The molecule has 0 spiro atoms. The van der Waals surface area contributed by atoms with Crippen LogP contribution in [0.15, 0.2) is 23.2 Å². The molecule has 0 saturated carbocycles. The van der Waals surface area contributed by atoms with Gasteiger partial charge in [-0.2, -0.15) is 4.31 Å². The summed E-state index contributed by atoms with van der Waals surface area (Å²) in [5.74, 6) is 0.00264. The average molecular weight is 319 g/mol. The van der Waals surface area contributed by atoms with Gasteiger partial charge in [-0.25, -0.2) is 26.5 Å². The lowest BCUT2D eigenvalue weighted by Gasteiger charge is -2.14. The Balaban J connectivity index is 2.00. The van der Waals surface area contributed by atoms with Crippen LogP contribution in [0.25, 0.3) is 0 Å². The van der Waals surface area contributed by atoms with Crippen molar-refractivity contribution in [2.75, 3.05) is 19.3 Å². The van der Waals surface area contributed by atoms with Crippen molar-refractivity contribution in [2.24, 2.45) is 0 Å². The maximum absolute atomic E-state index is 12.2. The minimum atomic E-state index is -3.76. The van der Waals surface area contributed by atoms with Crippen molar-refractivity contribution in [1.29, 1.82) is 0 Å². The summed E-state index contributed by atoms with van der Waals surface area (Å²) < 4.78 is 56.7. The molecule has 2 atom stereocenters. The van der Waals surface area contributed by atoms with E-state index in [0.29, 0.717) is 0 Å². The Morgan fingerprint density at radius 1 is 1.45 bits per heavy atom. The fraction of sp³-hybridized carbons (Fsp3) is 0.500. The van der Waals surface area contributed by atoms with Crippen molar-refractivity contribution < 1.29 is 21.6 Å². The Hall–Kier alpha value is -1.23. The third-order valence-electron chi connectivity index (χ3n) is 3.30. The maximum atomic E-state index is 12.2. The molecule has 0 amide bonds. The van der Waals surface area contributed by atoms with Gasteiger partial charge in [-0.05, 0) is 12.1 Å². The Morgan fingerprint density at radius 3 is 2.90 bits per heavy atom. The van der Waals surface area contributed by atoms with E-state index in [-0.39, 0.29) is 23.9 Å². The van der Waals surface area contributed by atoms with Crippen LogP contribution in [0.5, 0.6) is 5.88 Å². The summed E-state index contributed by atoms with van der Waals surface area (Å²) in [5.41, 5.74) is 0. The number of nitrogens with zero attached hydrogens (tertiary/aromatic N) is 2. The number of hydrogen-bond donors (Lipinski definition) is 1. The van der Waals surface area contributed by atoms with Crippen LogP contribution in [-0.4, -0.2) is 57.6 Å². The van der Waals surface area contributed by atoms with Crippen LogP contribution in [0.2, 0.25) is 0 Å². The van der Waals surface area contributed by atoms with E-state index >= 15 is 0 Å². The molecular weight excluding hydrogens is 306 g/mol. The fourth-order valence-corrected chi connectivity index (χ4v) is 4.51. The minimum absolute atomic E-state index is 0.00264. The first-order valence-electron chi connectivity index (χ1n) is 5.86. The molecule has 2 aliphatic heterocycles. The van der Waals surface area contributed by atoms with Gasteiger partial charge in [0.1, 0.15) is 11.0 Å². The van der Waals surface area contributed by atoms with Gasteiger partial charge in [0.25, 0.3) is 0 Å². The summed E-state index contributed by atoms with van der Waals surface area (Å²) in [6.45, 7) is 0.152. The predicted molar refractivity (Wildman–Crippen MR) is 69.2 cm³/mol. The maximum Gasteiger partial charge on any atom is 0.246 e. The van der Waals surface area contributed by atoms with Crippen molar-refractivity contribution in [3.63, 3.8) is 0 Å². The van der Waals surface area contributed by atoms with E-state index in [1.54, 1.807) is 0 Å². The number of pyridine rings is 1. The molecule has 0 radical (unpaired) electrons. The average Bonchev–Trinajstić information content (AvgIpc) is 2.68. The normalized spacial score (nSPS) is 29.1. The van der Waals surface area contributed by atoms with Crippen LogP contribution >= 0.6 is 0 Å². The van der Waals surface area contributed by atoms with Crippen LogP contribution in [0, 0.1) is 0 Å². The van der Waals surface area contributed by atoms with E-state index < -0.39 is 32.2 Å². The van der Waals surface area contributed by atoms with Crippen molar-refractivity contribution in [3.8, 4) is 5.88 Å². The molecule has 1 saturated heterocycles. The highest BCUT2D eigenvalue weighted by molar-refractivity contribution is 7.89. The summed E-state index contributed by atoms with van der Waals surface area (Å²) in [6.07, 6.45) is 1.92. The number of rotatable bonds is 1. The number of hydrogen-bond acceptors (Lipinski definition) is 6. The molecular formula is C10H13N3O5S2. The van der Waals surface area contributed by atoms with Gasteiger partial charge < -0.3 is 4.74 Å². The topological polar surface area (TPSA) is 106 Å². The first kappa shape index (κ1) is 13.7. The van der Waals surface area contributed by atoms with Crippen LogP contribution < -0.4 is 9.46 Å². The fourth-order valence-electron chi connectivity index (χ4n) is 2.32. The molecule has 1 aromatic rings. The molecule has 2 aliphatic rings. The molecule has 10 heteroatoms. The molecule has 1 N–H and O–H groups in total. The van der Waals surface area contributed by atoms with Gasteiger partial charge in [0, 0.05) is 12.7 Å². The lowest BCUT2D eigenvalue weighted by Crippen LogP contribution is -2.42. The minimum Gasteiger partial charge on any atom is -0.470 e. The highest BCUT2D eigenvalue weighted by atomic mass is 32.2. The molecule has 0 unspecified atom stereocenters. The molecule has 1 aromatic heterocycles. The Labute approximate surface area is 116 Å². The number of sulfonamides is 2. The number of fused-ring (bicyclic) bond motifs is 2. The molecule has 8 nitrogen and oxygen atoms in total. The van der Waals surface area contributed by atoms with Gasteiger partial charge in [-0.3, -0.25) is 0 Å². The van der Waals surface area contributed by atoms with Crippen molar-refractivity contribution >= 4 is 20.0 Å². The second-order valence-electron chi connectivity index (χ2n) is 4.77. The second kappa shape index (κ2) is 4.38. The molecule has 3 rings (SSSR count). The summed E-state index contributed by atoms with van der Waals surface area (Å²) in [7, 11) is -7.15. The Morgan fingerprint density at radius 2 is 2.20 bits per heavy atom. The van der Waals surface area contributed by atoms with E-state index in [4.69, 9.17) is 4.74 Å². The molecule has 3 heterocycles. The zero-order valence-electron chi connectivity index (χ0n) is 10.6. The Bertz CT molecular complexity index is 746. The molecule has 0 aromatic carbocycles. The molecule has 0 aliphatic carbocycles. The van der Waals surface area contributed by atoms with Crippen molar-refractivity contribution in [3.05, 3.63) is 18.3 Å². The SMILES string of the molecule is CS(=O)(=O)N1C[C@@H]2Oc3ncccc3S(=O)(=O)N[C@@H]2C1. The van der Waals surface area contributed by atoms with Crippen LogP contribution in [-0.2, 0) is 20.0 Å². The quantitative estimate of drug-likeness (QED) is 0.694. The summed E-state index contributed by atoms with van der Waals surface area (Å²) in [6, 6.07) is 2.29. The first-order chi connectivity index (χ1) is 9.27. The predicted octanol–water partition coefficient (Wildman–Crippen LogP) is -1.24. The van der Waals surface area contributed by atoms with E-state index in [0.717, 1.165) is 6.26 Å². The molecule has 110 valence electrons. The van der Waals surface area contributed by atoms with Crippen LogP contribution in [0.3, 0.4) is 0 Å². The van der Waals surface area contributed by atoms with E-state index in [9.17, 15) is 16.8 Å². The van der Waals surface area contributed by atoms with E-state index in [2.05, 4.69) is 9.71 Å². The second-order valence-corrected chi connectivity index (χ2v) is 8.44. The van der Waals surface area contributed by atoms with Crippen LogP contribution in [0.1, 0.15) is 0 Å². The monoisotopic (exact) mass is 319 g/mol. The van der Waals surface area contributed by atoms with E-state index in [1.165, 1.54) is 22.6 Å². The van der Waals surface area contributed by atoms with Crippen molar-refractivity contribution in [2.45, 2.75) is 17.0 Å². The molecule has 0 bridgehead atoms. The summed E-state index contributed by atoms with van der Waals surface area (Å²) in [5, 5.41) is 0. The highest BCUT2D eigenvalue weighted by Crippen LogP contribution is 2.29. The van der Waals surface area contributed by atoms with Gasteiger partial charge in [0.15, 0.2) is 0 Å². The largest absolute Gasteiger partial charge is 0.470 e. The standard InChI is InChI=1S/C10H13N3O5S2/c1-19(14,15)13-5-7-8(6-13)18-10-9(3-2-4-11-10)20(16,17)12-7/h2-4,7-8,12H,5-6H2,1H3/t7-,8+/m1/s1. The Kier molecular flexibility index (Phi) is 3.01. The van der Waals surface area contributed by atoms with Gasteiger partial charge in [0.2, 0.25) is 25.9 Å². The lowest BCUT2D eigenvalue weighted by molar-refractivity contribution is 0.186. The van der Waals surface area contributed by atoms with E-state index in [1.807, 2.05) is 0 Å². The first-order valence-corrected chi connectivity index (χ1v) is 9.20. The van der Waals surface area contributed by atoms with Gasteiger partial charge in [0.05, 0.1) is 18.8 Å². The lowest BCUT2D eigenvalue weighted by atomic mass is 10.2. The van der Waals surface area contributed by atoms with Crippen LogP contribution in [0.4, 0.5) is 0 Å². The highest BCUT2D eigenvalue weighted by Gasteiger charge is 2.44. The molecule has 20 heavy (non-hydrogen) atoms. The number of ether oxygens (including phenoxy) is 1. The zero-order valence-corrected chi connectivity index (χ0v) is 12.2. The number of nitrogens with one attached hydrogen (secondary N) is 1. The zero-order chi connectivity index (χ0) is 14.5. The smallest absolute Gasteiger partial charge is 0.246 e. The van der Waals surface area contributed by atoms with Gasteiger partial charge in [-0.1, -0.05) is 0 Å². The van der Waals surface area contributed by atoms with Crippen molar-refractivity contribution in [1.82, 2.24) is 14.0 Å². The summed E-state index contributed by atoms with van der Waals surface area (Å²) in [4.78, 5) is 3.89.